The standard InChI is InChI=1S/C29H34ClN5O3/c1-7-34(8-2)26(36)18-35(21-12-14-22(37-5)15-13-21)24-11-9-10-23-28(24)33(4)29(31-23)32-27-19(3)16-20(30)17-25(27)38-6/h9-17H,7-8,18H2,1-6H3,(H,31,32). The lowest BCUT2D eigenvalue weighted by atomic mass is 10.2. The molecule has 1 amide bonds. The Morgan fingerprint density at radius 2 is 1.76 bits per heavy atom. The number of benzene rings is 3. The van der Waals surface area contributed by atoms with Crippen LogP contribution in [-0.2, 0) is 11.8 Å². The van der Waals surface area contributed by atoms with E-state index in [1.54, 1.807) is 20.3 Å². The van der Waals surface area contributed by atoms with Gasteiger partial charge in [-0.2, -0.15) is 0 Å². The van der Waals surface area contributed by atoms with Crippen molar-refractivity contribution in [3.8, 4) is 11.5 Å². The van der Waals surface area contributed by atoms with Crippen LogP contribution in [0.4, 0.5) is 23.0 Å². The van der Waals surface area contributed by atoms with Gasteiger partial charge in [-0.05, 0) is 68.8 Å². The van der Waals surface area contributed by atoms with Gasteiger partial charge in [0.2, 0.25) is 11.9 Å². The highest BCUT2D eigenvalue weighted by atomic mass is 35.5. The van der Waals surface area contributed by atoms with Gasteiger partial charge in [-0.3, -0.25) is 4.79 Å². The Labute approximate surface area is 228 Å². The fraction of sp³-hybridized carbons (Fsp3) is 0.310. The van der Waals surface area contributed by atoms with E-state index in [2.05, 4.69) is 5.32 Å². The number of hydrogen-bond donors (Lipinski definition) is 1. The van der Waals surface area contributed by atoms with Crippen molar-refractivity contribution < 1.29 is 14.3 Å². The van der Waals surface area contributed by atoms with Crippen molar-refractivity contribution in [2.75, 3.05) is 44.1 Å². The second-order valence-electron chi connectivity index (χ2n) is 8.91. The molecule has 8 nitrogen and oxygen atoms in total. The smallest absolute Gasteiger partial charge is 0.242 e. The second-order valence-corrected chi connectivity index (χ2v) is 9.35. The molecular weight excluding hydrogens is 502 g/mol. The van der Waals surface area contributed by atoms with Crippen molar-refractivity contribution in [3.63, 3.8) is 0 Å². The average Bonchev–Trinajstić information content (AvgIpc) is 3.24. The molecule has 0 atom stereocenters. The molecular formula is C29H34ClN5O3. The Kier molecular flexibility index (Phi) is 8.32. The van der Waals surface area contributed by atoms with Gasteiger partial charge in [0.15, 0.2) is 0 Å². The summed E-state index contributed by atoms with van der Waals surface area (Å²) >= 11 is 6.24. The number of carbonyl (C=O) groups excluding carboxylic acids is 1. The van der Waals surface area contributed by atoms with Gasteiger partial charge < -0.3 is 29.2 Å². The first kappa shape index (κ1) is 27.1. The highest BCUT2D eigenvalue weighted by molar-refractivity contribution is 6.31. The van der Waals surface area contributed by atoms with Gasteiger partial charge in [0, 0.05) is 36.9 Å². The molecule has 0 radical (unpaired) electrons. The van der Waals surface area contributed by atoms with E-state index in [9.17, 15) is 4.79 Å². The number of carbonyl (C=O) groups is 1. The highest BCUT2D eigenvalue weighted by Gasteiger charge is 2.22. The molecule has 0 aliphatic heterocycles. The normalized spacial score (nSPS) is 10.9. The number of fused-ring (bicyclic) bond motifs is 1. The zero-order valence-corrected chi connectivity index (χ0v) is 23.5. The summed E-state index contributed by atoms with van der Waals surface area (Å²) in [7, 11) is 5.21. The third kappa shape index (κ3) is 5.36. The summed E-state index contributed by atoms with van der Waals surface area (Å²) in [4.78, 5) is 22.0. The quantitative estimate of drug-likeness (QED) is 0.257. The zero-order valence-electron chi connectivity index (χ0n) is 22.7. The number of rotatable bonds is 10. The summed E-state index contributed by atoms with van der Waals surface area (Å²) in [5.74, 6) is 2.07. The third-order valence-corrected chi connectivity index (χ3v) is 6.90. The molecule has 0 aliphatic rings. The van der Waals surface area contributed by atoms with Crippen LogP contribution in [0, 0.1) is 6.92 Å². The number of nitrogens with zero attached hydrogens (tertiary/aromatic N) is 4. The maximum atomic E-state index is 13.3. The number of methoxy groups -OCH3 is 2. The molecule has 1 heterocycles. The number of aromatic nitrogens is 2. The first-order valence-electron chi connectivity index (χ1n) is 12.6. The predicted octanol–water partition coefficient (Wildman–Crippen LogP) is 6.30. The molecule has 9 heteroatoms. The van der Waals surface area contributed by atoms with E-state index >= 15 is 0 Å². The molecule has 38 heavy (non-hydrogen) atoms. The van der Waals surface area contributed by atoms with Gasteiger partial charge in [-0.1, -0.05) is 17.7 Å². The van der Waals surface area contributed by atoms with Crippen LogP contribution in [0.2, 0.25) is 5.02 Å². The average molecular weight is 536 g/mol. The Balaban J connectivity index is 1.83. The summed E-state index contributed by atoms with van der Waals surface area (Å²) in [6, 6.07) is 17.3. The Hall–Kier alpha value is -3.91. The molecule has 1 N–H and O–H groups in total. The molecule has 0 saturated carbocycles. The van der Waals surface area contributed by atoms with Gasteiger partial charge in [-0.25, -0.2) is 4.98 Å². The van der Waals surface area contributed by atoms with E-state index in [0.29, 0.717) is 29.8 Å². The molecule has 0 saturated heterocycles. The van der Waals surface area contributed by atoms with Crippen LogP contribution in [-0.4, -0.2) is 54.2 Å². The van der Waals surface area contributed by atoms with Gasteiger partial charge >= 0.3 is 0 Å². The van der Waals surface area contributed by atoms with E-state index < -0.39 is 0 Å². The van der Waals surface area contributed by atoms with Gasteiger partial charge in [-0.15, -0.1) is 0 Å². The largest absolute Gasteiger partial charge is 0.497 e. The second kappa shape index (κ2) is 11.6. The summed E-state index contributed by atoms with van der Waals surface area (Å²) in [5.41, 5.74) is 5.17. The highest BCUT2D eigenvalue weighted by Crippen LogP contribution is 2.37. The lowest BCUT2D eigenvalue weighted by Crippen LogP contribution is -2.38. The fourth-order valence-corrected chi connectivity index (χ4v) is 4.88. The molecule has 0 fully saturated rings. The number of para-hydroxylation sites is 1. The number of likely N-dealkylation sites (N-methyl/N-ethyl adjacent to an activating group) is 1. The number of hydrogen-bond acceptors (Lipinski definition) is 6. The third-order valence-electron chi connectivity index (χ3n) is 6.68. The lowest BCUT2D eigenvalue weighted by molar-refractivity contribution is -0.129. The number of anilines is 4. The van der Waals surface area contributed by atoms with Crippen molar-refractivity contribution in [2.24, 2.45) is 7.05 Å². The lowest BCUT2D eigenvalue weighted by Gasteiger charge is -2.28. The van der Waals surface area contributed by atoms with Crippen LogP contribution in [0.25, 0.3) is 11.0 Å². The predicted molar refractivity (Wildman–Crippen MR) is 155 cm³/mol. The van der Waals surface area contributed by atoms with Crippen molar-refractivity contribution in [1.82, 2.24) is 14.5 Å². The summed E-state index contributed by atoms with van der Waals surface area (Å²) in [5, 5.41) is 4.03. The van der Waals surface area contributed by atoms with E-state index in [-0.39, 0.29) is 12.5 Å². The number of amides is 1. The monoisotopic (exact) mass is 535 g/mol. The molecule has 1 aromatic heterocycles. The van der Waals surface area contributed by atoms with Crippen molar-refractivity contribution in [3.05, 3.63) is 65.2 Å². The van der Waals surface area contributed by atoms with E-state index in [1.807, 2.05) is 90.7 Å². The van der Waals surface area contributed by atoms with E-state index in [4.69, 9.17) is 26.1 Å². The van der Waals surface area contributed by atoms with Crippen LogP contribution in [0.15, 0.2) is 54.6 Å². The molecule has 3 aromatic carbocycles. The molecule has 4 rings (SSSR count). The first-order valence-corrected chi connectivity index (χ1v) is 12.9. The topological polar surface area (TPSA) is 71.9 Å². The number of ether oxygens (including phenoxy) is 2. The number of nitrogens with one attached hydrogen (secondary N) is 1. The minimum atomic E-state index is 0.0462. The molecule has 200 valence electrons. The fourth-order valence-electron chi connectivity index (χ4n) is 4.61. The van der Waals surface area contributed by atoms with Crippen LogP contribution in [0.1, 0.15) is 19.4 Å². The van der Waals surface area contributed by atoms with Gasteiger partial charge in [0.1, 0.15) is 18.0 Å². The molecule has 4 aromatic rings. The number of halogens is 1. The maximum Gasteiger partial charge on any atom is 0.242 e. The van der Waals surface area contributed by atoms with E-state index in [1.165, 1.54) is 0 Å². The molecule has 0 bridgehead atoms. The van der Waals surface area contributed by atoms with Crippen LogP contribution < -0.4 is 19.7 Å². The summed E-state index contributed by atoms with van der Waals surface area (Å²) in [6.07, 6.45) is 0. The maximum absolute atomic E-state index is 13.3. The van der Waals surface area contributed by atoms with Gasteiger partial charge in [0.25, 0.3) is 0 Å². The van der Waals surface area contributed by atoms with Crippen molar-refractivity contribution in [2.45, 2.75) is 20.8 Å². The van der Waals surface area contributed by atoms with Crippen molar-refractivity contribution in [1.29, 1.82) is 0 Å². The summed E-state index contributed by atoms with van der Waals surface area (Å²) < 4.78 is 12.9. The SMILES string of the molecule is CCN(CC)C(=O)CN(c1ccc(OC)cc1)c1cccc2nc(Nc3c(C)cc(Cl)cc3OC)n(C)c12. The minimum Gasteiger partial charge on any atom is -0.497 e. The van der Waals surface area contributed by atoms with Crippen LogP contribution in [0.3, 0.4) is 0 Å². The number of imidazole rings is 1. The van der Waals surface area contributed by atoms with E-state index in [0.717, 1.165) is 39.4 Å². The zero-order chi connectivity index (χ0) is 27.4. The number of aryl methyl sites for hydroxylation is 2. The minimum absolute atomic E-state index is 0.0462. The van der Waals surface area contributed by atoms with Crippen LogP contribution in [0.5, 0.6) is 11.5 Å². The van der Waals surface area contributed by atoms with Crippen LogP contribution >= 0.6 is 11.6 Å². The Morgan fingerprint density at radius 3 is 2.39 bits per heavy atom. The molecule has 0 aliphatic carbocycles. The molecule has 0 unspecified atom stereocenters. The van der Waals surface area contributed by atoms with Gasteiger partial charge in [0.05, 0.1) is 36.6 Å². The Bertz CT molecular complexity index is 1430. The Morgan fingerprint density at radius 1 is 1.05 bits per heavy atom. The first-order chi connectivity index (χ1) is 18.3. The van der Waals surface area contributed by atoms with Crippen molar-refractivity contribution >= 4 is 51.6 Å². The molecule has 0 spiro atoms. The summed E-state index contributed by atoms with van der Waals surface area (Å²) in [6.45, 7) is 7.44.